The molecule has 0 saturated carbocycles. The number of thiazole rings is 1. The molecule has 0 amide bonds. The molecular weight excluding hydrogens is 328 g/mol. The lowest BCUT2D eigenvalue weighted by atomic mass is 9.99. The summed E-state index contributed by atoms with van der Waals surface area (Å²) in [5, 5.41) is 7.92. The monoisotopic (exact) mass is 356 g/mol. The van der Waals surface area contributed by atoms with Crippen molar-refractivity contribution < 1.29 is 4.74 Å². The summed E-state index contributed by atoms with van der Waals surface area (Å²) < 4.78 is 5.76. The van der Waals surface area contributed by atoms with Gasteiger partial charge in [-0.25, -0.2) is 9.98 Å². The normalized spacial score (nSPS) is 18.0. The molecule has 5 nitrogen and oxygen atoms in total. The lowest BCUT2D eigenvalue weighted by Crippen LogP contribution is -2.47. The lowest BCUT2D eigenvalue weighted by molar-refractivity contribution is 0.0783. The summed E-state index contributed by atoms with van der Waals surface area (Å²) in [7, 11) is 0. The van der Waals surface area contributed by atoms with E-state index < -0.39 is 0 Å². The van der Waals surface area contributed by atoms with Gasteiger partial charge in [0.15, 0.2) is 5.96 Å². The van der Waals surface area contributed by atoms with E-state index in [9.17, 15) is 0 Å². The molecule has 1 saturated heterocycles. The van der Waals surface area contributed by atoms with Crippen molar-refractivity contribution in [3.8, 4) is 0 Å². The molecular formula is C16H28N4OS2. The first-order chi connectivity index (χ1) is 11.1. The van der Waals surface area contributed by atoms with Crippen LogP contribution in [-0.2, 0) is 11.3 Å². The molecule has 1 aliphatic heterocycles. The van der Waals surface area contributed by atoms with Crippen LogP contribution in [0.1, 0.15) is 35.3 Å². The first-order valence-corrected chi connectivity index (χ1v) is 10.2. The molecule has 0 radical (unpaired) electrons. The average molecular weight is 357 g/mol. The molecule has 7 heteroatoms. The summed E-state index contributed by atoms with van der Waals surface area (Å²) in [6.07, 6.45) is 4.37. The van der Waals surface area contributed by atoms with E-state index >= 15 is 0 Å². The summed E-state index contributed by atoms with van der Waals surface area (Å²) in [5.41, 5.74) is 1.11. The third-order valence-electron chi connectivity index (χ3n) is 4.20. The van der Waals surface area contributed by atoms with Crippen molar-refractivity contribution in [3.05, 3.63) is 15.6 Å². The zero-order valence-corrected chi connectivity index (χ0v) is 16.2. The molecule has 1 aromatic heterocycles. The number of rotatable bonds is 6. The molecule has 0 aliphatic carbocycles. The first kappa shape index (κ1) is 18.5. The van der Waals surface area contributed by atoms with Gasteiger partial charge >= 0.3 is 0 Å². The van der Waals surface area contributed by atoms with Crippen molar-refractivity contribution in [3.63, 3.8) is 0 Å². The van der Waals surface area contributed by atoms with Crippen LogP contribution in [0.5, 0.6) is 0 Å². The van der Waals surface area contributed by atoms with Crippen LogP contribution in [0, 0.1) is 13.8 Å². The summed E-state index contributed by atoms with van der Waals surface area (Å²) in [5.74, 6) is 0.873. The zero-order chi connectivity index (χ0) is 16.7. The summed E-state index contributed by atoms with van der Waals surface area (Å²) in [6.45, 7) is 10.4. The fourth-order valence-electron chi connectivity index (χ4n) is 2.54. The second kappa shape index (κ2) is 8.89. The number of aromatic nitrogens is 1. The second-order valence-corrected chi connectivity index (χ2v) is 8.36. The van der Waals surface area contributed by atoms with Gasteiger partial charge in [-0.05, 0) is 39.9 Å². The standard InChI is InChI=1S/C16H28N4OS2/c1-5-17-15(18-10-14-20-12(2)13(3)23-14)19-11-16(22-4)6-8-21-9-7-16/h5-11H2,1-4H3,(H2,17,18,19). The van der Waals surface area contributed by atoms with Gasteiger partial charge in [-0.1, -0.05) is 0 Å². The van der Waals surface area contributed by atoms with E-state index in [1.807, 2.05) is 11.8 Å². The van der Waals surface area contributed by atoms with Crippen LogP contribution < -0.4 is 10.6 Å². The van der Waals surface area contributed by atoms with Crippen molar-refractivity contribution in [1.29, 1.82) is 0 Å². The molecule has 1 aliphatic rings. The smallest absolute Gasteiger partial charge is 0.191 e. The Balaban J connectivity index is 1.95. The predicted octanol–water partition coefficient (Wildman–Crippen LogP) is 2.73. The Morgan fingerprint density at radius 3 is 2.65 bits per heavy atom. The number of aliphatic imine (C=N–C) groups is 1. The van der Waals surface area contributed by atoms with Gasteiger partial charge in [0.25, 0.3) is 0 Å². The maximum Gasteiger partial charge on any atom is 0.191 e. The number of nitrogens with one attached hydrogen (secondary N) is 2. The minimum Gasteiger partial charge on any atom is -0.381 e. The Kier molecular flexibility index (Phi) is 7.17. The number of hydrogen-bond acceptors (Lipinski definition) is 5. The number of nitrogens with zero attached hydrogens (tertiary/aromatic N) is 2. The third kappa shape index (κ3) is 5.36. The lowest BCUT2D eigenvalue weighted by Gasteiger charge is -2.36. The van der Waals surface area contributed by atoms with Crippen molar-refractivity contribution in [2.45, 2.75) is 44.9 Å². The summed E-state index contributed by atoms with van der Waals surface area (Å²) in [6, 6.07) is 0. The fourth-order valence-corrected chi connectivity index (χ4v) is 4.19. The van der Waals surface area contributed by atoms with Crippen LogP contribution in [0.4, 0.5) is 0 Å². The minimum absolute atomic E-state index is 0.253. The van der Waals surface area contributed by atoms with Crippen molar-refractivity contribution in [2.24, 2.45) is 4.99 Å². The Morgan fingerprint density at radius 2 is 2.09 bits per heavy atom. The maximum atomic E-state index is 5.51. The van der Waals surface area contributed by atoms with Crippen molar-refractivity contribution in [1.82, 2.24) is 15.6 Å². The van der Waals surface area contributed by atoms with Crippen LogP contribution in [0.2, 0.25) is 0 Å². The number of guanidine groups is 1. The minimum atomic E-state index is 0.253. The highest BCUT2D eigenvalue weighted by molar-refractivity contribution is 8.00. The van der Waals surface area contributed by atoms with Gasteiger partial charge in [-0.3, -0.25) is 0 Å². The third-order valence-corrected chi connectivity index (χ3v) is 6.68. The highest BCUT2D eigenvalue weighted by Gasteiger charge is 2.31. The molecule has 1 fully saturated rings. The van der Waals surface area contributed by atoms with Crippen LogP contribution in [0.25, 0.3) is 0 Å². The molecule has 0 atom stereocenters. The van der Waals surface area contributed by atoms with E-state index in [-0.39, 0.29) is 4.75 Å². The summed E-state index contributed by atoms with van der Waals surface area (Å²) >= 11 is 3.67. The molecule has 130 valence electrons. The topological polar surface area (TPSA) is 58.5 Å². The van der Waals surface area contributed by atoms with Crippen molar-refractivity contribution >= 4 is 29.1 Å². The van der Waals surface area contributed by atoms with E-state index in [1.54, 1.807) is 11.3 Å². The van der Waals surface area contributed by atoms with Gasteiger partial charge in [-0.15, -0.1) is 11.3 Å². The van der Waals surface area contributed by atoms with Crippen LogP contribution in [0.3, 0.4) is 0 Å². The maximum absolute atomic E-state index is 5.51. The Bertz CT molecular complexity index is 505. The molecule has 0 aromatic carbocycles. The summed E-state index contributed by atoms with van der Waals surface area (Å²) in [4.78, 5) is 10.5. The van der Waals surface area contributed by atoms with Crippen LogP contribution >= 0.6 is 23.1 Å². The highest BCUT2D eigenvalue weighted by atomic mass is 32.2. The number of aryl methyl sites for hydroxylation is 2. The molecule has 1 aromatic rings. The average Bonchev–Trinajstić information content (AvgIpc) is 2.89. The molecule has 2 N–H and O–H groups in total. The molecule has 2 rings (SSSR count). The van der Waals surface area contributed by atoms with E-state index in [1.165, 1.54) is 4.88 Å². The quantitative estimate of drug-likeness (QED) is 0.606. The van der Waals surface area contributed by atoms with Crippen LogP contribution in [-0.4, -0.2) is 48.2 Å². The number of ether oxygens (including phenoxy) is 1. The predicted molar refractivity (Wildman–Crippen MR) is 101 cm³/mol. The van der Waals surface area contributed by atoms with Gasteiger partial charge in [0.1, 0.15) is 5.01 Å². The molecule has 0 unspecified atom stereocenters. The number of thioether (sulfide) groups is 1. The van der Waals surface area contributed by atoms with E-state index in [0.717, 1.165) is 55.8 Å². The molecule has 0 spiro atoms. The molecule has 0 bridgehead atoms. The van der Waals surface area contributed by atoms with Gasteiger partial charge < -0.3 is 15.4 Å². The van der Waals surface area contributed by atoms with Crippen molar-refractivity contribution in [2.75, 3.05) is 32.6 Å². The van der Waals surface area contributed by atoms with Gasteiger partial charge in [0, 0.05) is 35.9 Å². The highest BCUT2D eigenvalue weighted by Crippen LogP contribution is 2.32. The first-order valence-electron chi connectivity index (χ1n) is 8.16. The van der Waals surface area contributed by atoms with E-state index in [2.05, 4.69) is 47.6 Å². The SMILES string of the molecule is CCNC(=NCc1nc(C)c(C)s1)NCC1(SC)CCOCC1. The van der Waals surface area contributed by atoms with Crippen LogP contribution in [0.15, 0.2) is 4.99 Å². The molecule has 2 heterocycles. The Morgan fingerprint density at radius 1 is 1.35 bits per heavy atom. The molecule has 23 heavy (non-hydrogen) atoms. The second-order valence-electron chi connectivity index (χ2n) is 5.80. The van der Waals surface area contributed by atoms with Gasteiger partial charge in [0.05, 0.1) is 12.2 Å². The van der Waals surface area contributed by atoms with Gasteiger partial charge in [-0.2, -0.15) is 11.8 Å². The van der Waals surface area contributed by atoms with Gasteiger partial charge in [0.2, 0.25) is 0 Å². The largest absolute Gasteiger partial charge is 0.381 e. The Hall–Kier alpha value is -0.790. The zero-order valence-electron chi connectivity index (χ0n) is 14.6. The van der Waals surface area contributed by atoms with E-state index in [0.29, 0.717) is 6.54 Å². The number of hydrogen-bond donors (Lipinski definition) is 2. The fraction of sp³-hybridized carbons (Fsp3) is 0.750. The Labute approximate surface area is 147 Å². The van der Waals surface area contributed by atoms with E-state index in [4.69, 9.17) is 4.74 Å².